The van der Waals surface area contributed by atoms with Crippen LogP contribution in [-0.4, -0.2) is 58.5 Å². The number of urea groups is 1. The molecule has 1 N–H and O–H groups in total. The third-order valence-electron chi connectivity index (χ3n) is 6.42. The molecule has 2 aromatic carbocycles. The van der Waals surface area contributed by atoms with Crippen LogP contribution in [0.2, 0.25) is 0 Å². The molecule has 4 rings (SSSR count). The van der Waals surface area contributed by atoms with Crippen LogP contribution in [0.25, 0.3) is 10.9 Å². The maximum absolute atomic E-state index is 15.1. The van der Waals surface area contributed by atoms with E-state index in [1.54, 1.807) is 17.2 Å². The van der Waals surface area contributed by atoms with Gasteiger partial charge in [-0.25, -0.2) is 9.18 Å². The SMILES string of the molecule is CCn1ncc2ccc(N(Cc3ccc(C(=O)CNC(=O)C(F)F)cc3F)C(=O)N3CCCCC3)cc21. The van der Waals surface area contributed by atoms with E-state index in [1.807, 2.05) is 29.1 Å². The van der Waals surface area contributed by atoms with E-state index in [9.17, 15) is 23.2 Å². The van der Waals surface area contributed by atoms with Crippen molar-refractivity contribution in [3.63, 3.8) is 0 Å². The Balaban J connectivity index is 1.60. The highest BCUT2D eigenvalue weighted by atomic mass is 19.3. The number of rotatable bonds is 8. The number of piperidine rings is 1. The van der Waals surface area contributed by atoms with Crippen molar-refractivity contribution in [3.05, 3.63) is 59.5 Å². The number of amides is 3. The second-order valence-corrected chi connectivity index (χ2v) is 8.87. The number of nitrogens with zero attached hydrogens (tertiary/aromatic N) is 4. The smallest absolute Gasteiger partial charge is 0.324 e. The number of alkyl halides is 2. The molecule has 1 aliphatic heterocycles. The number of nitrogens with one attached hydrogen (secondary N) is 1. The lowest BCUT2D eigenvalue weighted by Crippen LogP contribution is -2.45. The minimum absolute atomic E-state index is 0.0713. The summed E-state index contributed by atoms with van der Waals surface area (Å²) in [6.07, 6.45) is 1.35. The van der Waals surface area contributed by atoms with Gasteiger partial charge in [-0.1, -0.05) is 12.1 Å². The van der Waals surface area contributed by atoms with E-state index in [2.05, 4.69) is 5.10 Å². The van der Waals surface area contributed by atoms with Crippen LogP contribution < -0.4 is 10.2 Å². The number of carbonyl (C=O) groups excluding carboxylic acids is 3. The number of hydrogen-bond donors (Lipinski definition) is 1. The van der Waals surface area contributed by atoms with Gasteiger partial charge in [0.25, 0.3) is 5.91 Å². The highest BCUT2D eigenvalue weighted by Crippen LogP contribution is 2.27. The molecule has 8 nitrogen and oxygen atoms in total. The Morgan fingerprint density at radius 1 is 1.08 bits per heavy atom. The number of benzene rings is 2. The number of Topliss-reactive ketones (excluding diaryl/α,β-unsaturated/α-hetero) is 1. The normalized spacial score (nSPS) is 13.7. The summed E-state index contributed by atoms with van der Waals surface area (Å²) in [5.74, 6) is -3.00. The van der Waals surface area contributed by atoms with Crippen molar-refractivity contribution < 1.29 is 27.6 Å². The lowest BCUT2D eigenvalue weighted by atomic mass is 10.1. The standard InChI is InChI=1S/C26H28F3N5O3/c1-2-34-22-13-20(9-8-18(22)14-31-34)33(26(37)32-10-4-3-5-11-32)16-19-7-6-17(12-21(19)27)23(35)15-30-25(36)24(28)29/h6-9,12-14,24H,2-5,10-11,15-16H2,1H3,(H,30,36). The summed E-state index contributed by atoms with van der Waals surface area (Å²) in [6, 6.07) is 9.02. The molecule has 3 amide bonds. The van der Waals surface area contributed by atoms with E-state index in [1.165, 1.54) is 17.0 Å². The number of likely N-dealkylation sites (tertiary alicyclic amines) is 1. The van der Waals surface area contributed by atoms with Crippen molar-refractivity contribution in [1.29, 1.82) is 0 Å². The summed E-state index contributed by atoms with van der Waals surface area (Å²) < 4.78 is 41.6. The van der Waals surface area contributed by atoms with E-state index in [0.717, 1.165) is 36.2 Å². The van der Waals surface area contributed by atoms with Crippen molar-refractivity contribution in [2.45, 2.75) is 45.7 Å². The third kappa shape index (κ3) is 5.92. The van der Waals surface area contributed by atoms with Gasteiger partial charge < -0.3 is 10.2 Å². The van der Waals surface area contributed by atoms with Crippen LogP contribution in [0.5, 0.6) is 0 Å². The first-order chi connectivity index (χ1) is 17.8. The first kappa shape index (κ1) is 26.2. The second kappa shape index (κ2) is 11.4. The van der Waals surface area contributed by atoms with E-state index >= 15 is 4.39 Å². The van der Waals surface area contributed by atoms with Crippen molar-refractivity contribution >= 4 is 34.3 Å². The van der Waals surface area contributed by atoms with Gasteiger partial charge in [-0.2, -0.15) is 13.9 Å². The van der Waals surface area contributed by atoms with Crippen LogP contribution in [0.4, 0.5) is 23.7 Å². The molecule has 0 unspecified atom stereocenters. The number of anilines is 1. The van der Waals surface area contributed by atoms with Gasteiger partial charge in [0.15, 0.2) is 5.78 Å². The first-order valence-electron chi connectivity index (χ1n) is 12.2. The fraction of sp³-hybridized carbons (Fsp3) is 0.385. The average Bonchev–Trinajstić information content (AvgIpc) is 3.33. The lowest BCUT2D eigenvalue weighted by molar-refractivity contribution is -0.131. The summed E-state index contributed by atoms with van der Waals surface area (Å²) >= 11 is 0. The molecule has 37 heavy (non-hydrogen) atoms. The fourth-order valence-corrected chi connectivity index (χ4v) is 4.37. The lowest BCUT2D eigenvalue weighted by Gasteiger charge is -2.33. The minimum atomic E-state index is -3.24. The van der Waals surface area contributed by atoms with E-state index < -0.39 is 30.5 Å². The maximum atomic E-state index is 15.1. The van der Waals surface area contributed by atoms with Gasteiger partial charge in [0, 0.05) is 41.8 Å². The quantitative estimate of drug-likeness (QED) is 0.452. The van der Waals surface area contributed by atoms with Crippen molar-refractivity contribution in [2.24, 2.45) is 0 Å². The number of aromatic nitrogens is 2. The molecule has 3 aromatic rings. The highest BCUT2D eigenvalue weighted by Gasteiger charge is 2.26. The monoisotopic (exact) mass is 515 g/mol. The first-order valence-corrected chi connectivity index (χ1v) is 12.2. The van der Waals surface area contributed by atoms with Crippen molar-refractivity contribution in [3.8, 4) is 0 Å². The van der Waals surface area contributed by atoms with Gasteiger partial charge in [-0.3, -0.25) is 19.2 Å². The van der Waals surface area contributed by atoms with Crippen LogP contribution in [0.1, 0.15) is 42.1 Å². The van der Waals surface area contributed by atoms with Crippen LogP contribution in [-0.2, 0) is 17.9 Å². The summed E-state index contributed by atoms with van der Waals surface area (Å²) in [7, 11) is 0. The largest absolute Gasteiger partial charge is 0.344 e. The number of halogens is 3. The zero-order valence-electron chi connectivity index (χ0n) is 20.4. The number of fused-ring (bicyclic) bond motifs is 1. The van der Waals surface area contributed by atoms with E-state index in [0.29, 0.717) is 25.3 Å². The molecule has 0 bridgehead atoms. The van der Waals surface area contributed by atoms with Crippen LogP contribution in [0, 0.1) is 5.82 Å². The Hall–Kier alpha value is -3.89. The molecule has 0 aliphatic carbocycles. The van der Waals surface area contributed by atoms with E-state index in [4.69, 9.17) is 0 Å². The minimum Gasteiger partial charge on any atom is -0.344 e. The van der Waals surface area contributed by atoms with Gasteiger partial charge in [0.1, 0.15) is 5.82 Å². The predicted molar refractivity (Wildman–Crippen MR) is 132 cm³/mol. The van der Waals surface area contributed by atoms with Gasteiger partial charge >= 0.3 is 12.5 Å². The summed E-state index contributed by atoms with van der Waals surface area (Å²) in [4.78, 5) is 40.1. The molecule has 1 fully saturated rings. The molecule has 2 heterocycles. The van der Waals surface area contributed by atoms with Gasteiger partial charge in [-0.05, 0) is 50.5 Å². The Labute approximate surface area is 212 Å². The number of carbonyl (C=O) groups is 3. The molecule has 1 aromatic heterocycles. The number of aryl methyl sites for hydroxylation is 1. The number of ketones is 1. The van der Waals surface area contributed by atoms with Gasteiger partial charge in [-0.15, -0.1) is 0 Å². The molecule has 0 spiro atoms. The van der Waals surface area contributed by atoms with Crippen molar-refractivity contribution in [1.82, 2.24) is 20.0 Å². The van der Waals surface area contributed by atoms with Crippen LogP contribution in [0.3, 0.4) is 0 Å². The van der Waals surface area contributed by atoms with E-state index in [-0.39, 0.29) is 23.7 Å². The summed E-state index contributed by atoms with van der Waals surface area (Å²) in [5.41, 5.74) is 1.55. The molecule has 1 saturated heterocycles. The highest BCUT2D eigenvalue weighted by molar-refractivity contribution is 5.99. The van der Waals surface area contributed by atoms with Gasteiger partial charge in [0.05, 0.1) is 24.8 Å². The Bertz CT molecular complexity index is 1300. The molecular formula is C26H28F3N5O3. The molecule has 1 aliphatic rings. The maximum Gasteiger partial charge on any atom is 0.324 e. The molecule has 0 atom stereocenters. The Morgan fingerprint density at radius 3 is 2.51 bits per heavy atom. The summed E-state index contributed by atoms with van der Waals surface area (Å²) in [5, 5.41) is 7.09. The average molecular weight is 516 g/mol. The van der Waals surface area contributed by atoms with Crippen LogP contribution >= 0.6 is 0 Å². The van der Waals surface area contributed by atoms with Crippen LogP contribution in [0.15, 0.2) is 42.6 Å². The molecule has 0 radical (unpaired) electrons. The molecule has 11 heteroatoms. The molecular weight excluding hydrogens is 487 g/mol. The fourth-order valence-electron chi connectivity index (χ4n) is 4.37. The second-order valence-electron chi connectivity index (χ2n) is 8.87. The Morgan fingerprint density at radius 2 is 1.84 bits per heavy atom. The van der Waals surface area contributed by atoms with Gasteiger partial charge in [0.2, 0.25) is 0 Å². The van der Waals surface area contributed by atoms with Crippen molar-refractivity contribution in [2.75, 3.05) is 24.5 Å². The summed E-state index contributed by atoms with van der Waals surface area (Å²) in [6.45, 7) is 3.09. The molecule has 0 saturated carbocycles. The molecule has 196 valence electrons. The predicted octanol–water partition coefficient (Wildman–Crippen LogP) is 4.37. The Kier molecular flexibility index (Phi) is 8.10. The third-order valence-corrected chi connectivity index (χ3v) is 6.42. The topological polar surface area (TPSA) is 87.5 Å². The zero-order valence-corrected chi connectivity index (χ0v) is 20.4. The zero-order chi connectivity index (χ0) is 26.5. The number of hydrogen-bond acceptors (Lipinski definition) is 4.